The number of imide groups is 1. The largest absolute Gasteiger partial charge is 0.489 e. The number of carbonyl (C=O) groups is 3. The Morgan fingerprint density at radius 3 is 2.73 bits per heavy atom. The van der Waals surface area contributed by atoms with E-state index < -0.39 is 30.9 Å². The third-order valence-corrected chi connectivity index (χ3v) is 5.92. The molecule has 3 aliphatic heterocycles. The van der Waals surface area contributed by atoms with E-state index in [0.29, 0.717) is 31.9 Å². The van der Waals surface area contributed by atoms with Crippen LogP contribution in [-0.2, 0) is 33.9 Å². The molecule has 1 atom stereocenters. The van der Waals surface area contributed by atoms with Gasteiger partial charge in [0.2, 0.25) is 11.8 Å². The number of hydrogen-bond acceptors (Lipinski definition) is 6. The molecule has 0 aliphatic carbocycles. The molecule has 0 bridgehead atoms. The minimum atomic E-state index is -2.47. The molecule has 2 aromatic rings. The number of morpholine rings is 1. The van der Waals surface area contributed by atoms with Crippen molar-refractivity contribution in [3.8, 4) is 5.75 Å². The second-order valence-electron chi connectivity index (χ2n) is 8.09. The van der Waals surface area contributed by atoms with Gasteiger partial charge in [-0.25, -0.2) is 0 Å². The van der Waals surface area contributed by atoms with E-state index in [2.05, 4.69) is 5.32 Å². The van der Waals surface area contributed by atoms with Crippen molar-refractivity contribution in [2.45, 2.75) is 38.5 Å². The summed E-state index contributed by atoms with van der Waals surface area (Å²) in [6.45, 7) is -2.69. The number of benzene rings is 2. The molecule has 8 heteroatoms. The molecule has 33 heavy (non-hydrogen) atoms. The summed E-state index contributed by atoms with van der Waals surface area (Å²) in [6.07, 6.45) is 0.322. The fraction of sp³-hybridized carbons (Fsp3) is 0.400. The monoisotopic (exact) mass is 454 g/mol. The van der Waals surface area contributed by atoms with E-state index >= 15 is 0 Å². The zero-order chi connectivity index (χ0) is 27.2. The van der Waals surface area contributed by atoms with Crippen molar-refractivity contribution in [2.24, 2.45) is 0 Å². The highest BCUT2D eigenvalue weighted by atomic mass is 16.5. The predicted octanol–water partition coefficient (Wildman–Crippen LogP) is 1.86. The molecular weight excluding hydrogens is 422 g/mol. The smallest absolute Gasteiger partial charge is 0.255 e. The van der Waals surface area contributed by atoms with Gasteiger partial charge < -0.3 is 14.4 Å². The van der Waals surface area contributed by atoms with Gasteiger partial charge in [0.15, 0.2) is 0 Å². The first kappa shape index (κ1) is 16.4. The zero-order valence-corrected chi connectivity index (χ0v) is 17.9. The second kappa shape index (κ2) is 9.33. The third-order valence-electron chi connectivity index (χ3n) is 5.92. The Morgan fingerprint density at radius 2 is 1.94 bits per heavy atom. The quantitative estimate of drug-likeness (QED) is 0.671. The average molecular weight is 455 g/mol. The summed E-state index contributed by atoms with van der Waals surface area (Å²) in [7, 11) is 0. The van der Waals surface area contributed by atoms with Crippen LogP contribution in [0.2, 0.25) is 0 Å². The highest BCUT2D eigenvalue weighted by Crippen LogP contribution is 2.34. The van der Waals surface area contributed by atoms with Crippen molar-refractivity contribution in [1.82, 2.24) is 15.1 Å². The predicted molar refractivity (Wildman–Crippen MR) is 119 cm³/mol. The van der Waals surface area contributed by atoms with Gasteiger partial charge in [-0.05, 0) is 29.7 Å². The molecule has 3 amide bonds. The number of nitrogens with one attached hydrogen (secondary N) is 1. The number of ether oxygens (including phenoxy) is 2. The van der Waals surface area contributed by atoms with Crippen LogP contribution in [0.4, 0.5) is 0 Å². The summed E-state index contributed by atoms with van der Waals surface area (Å²) in [6, 6.07) is 7.71. The maximum absolute atomic E-state index is 13.1. The van der Waals surface area contributed by atoms with Crippen LogP contribution in [0.1, 0.15) is 46.7 Å². The highest BCUT2D eigenvalue weighted by molar-refractivity contribution is 6.05. The Kier molecular flexibility index (Phi) is 4.63. The zero-order valence-electron chi connectivity index (χ0n) is 22.9. The highest BCUT2D eigenvalue weighted by Gasteiger charge is 2.40. The lowest BCUT2D eigenvalue weighted by Crippen LogP contribution is -2.52. The maximum Gasteiger partial charge on any atom is 0.255 e. The topological polar surface area (TPSA) is 88.2 Å². The molecule has 2 saturated heterocycles. The van der Waals surface area contributed by atoms with Gasteiger partial charge >= 0.3 is 0 Å². The number of piperidine rings is 1. The molecule has 8 nitrogen and oxygen atoms in total. The van der Waals surface area contributed by atoms with Crippen molar-refractivity contribution in [3.63, 3.8) is 0 Å². The Hall–Kier alpha value is -3.23. The molecule has 3 heterocycles. The van der Waals surface area contributed by atoms with Gasteiger partial charge in [-0.2, -0.15) is 0 Å². The molecule has 0 aromatic heterocycles. The summed E-state index contributed by atoms with van der Waals surface area (Å²) in [5, 5.41) is 2.25. The normalized spacial score (nSPS) is 24.2. The Balaban J connectivity index is 1.38. The van der Waals surface area contributed by atoms with Gasteiger partial charge in [0.05, 0.1) is 23.9 Å². The van der Waals surface area contributed by atoms with Gasteiger partial charge in [-0.1, -0.05) is 30.3 Å². The summed E-state index contributed by atoms with van der Waals surface area (Å²) in [4.78, 5) is 39.9. The van der Waals surface area contributed by atoms with Crippen LogP contribution >= 0.6 is 0 Å². The maximum atomic E-state index is 13.1. The Bertz CT molecular complexity index is 1300. The van der Waals surface area contributed by atoms with E-state index in [4.69, 9.17) is 16.3 Å². The molecule has 1 N–H and O–H groups in total. The summed E-state index contributed by atoms with van der Waals surface area (Å²) in [5.41, 5.74) is 0.832. The van der Waals surface area contributed by atoms with Crippen molar-refractivity contribution in [2.75, 3.05) is 26.3 Å². The van der Waals surface area contributed by atoms with Crippen LogP contribution in [0, 0.1) is 0 Å². The van der Waals surface area contributed by atoms with Crippen molar-refractivity contribution < 1.29 is 30.7 Å². The first-order valence-corrected chi connectivity index (χ1v) is 10.9. The summed E-state index contributed by atoms with van der Waals surface area (Å²) in [5.74, 6) is -1.24. The lowest BCUT2D eigenvalue weighted by atomic mass is 10.0. The van der Waals surface area contributed by atoms with E-state index in [1.165, 1.54) is 29.2 Å². The molecule has 3 aliphatic rings. The van der Waals surface area contributed by atoms with E-state index in [9.17, 15) is 14.4 Å². The minimum Gasteiger partial charge on any atom is -0.489 e. The summed E-state index contributed by atoms with van der Waals surface area (Å²) < 4.78 is 53.7. The van der Waals surface area contributed by atoms with Crippen molar-refractivity contribution in [3.05, 3.63) is 64.7 Å². The van der Waals surface area contributed by atoms with Crippen LogP contribution in [0.25, 0.3) is 0 Å². The minimum absolute atomic E-state index is 0.0130. The summed E-state index contributed by atoms with van der Waals surface area (Å²) >= 11 is 0. The van der Waals surface area contributed by atoms with Crippen LogP contribution < -0.4 is 10.1 Å². The van der Waals surface area contributed by atoms with Gasteiger partial charge in [0.1, 0.15) is 18.4 Å². The number of hydrogen-bond donors (Lipinski definition) is 1. The van der Waals surface area contributed by atoms with Crippen molar-refractivity contribution >= 4 is 17.7 Å². The standard InChI is InChI=1S/C25H27N3O5/c29-23-9-8-21(24(30)26-23)28-15-20-19(25(28)31)2-1-3-22(20)33-16-18-6-4-17(5-7-18)14-27-10-12-32-13-11-27/h1-7,21H,8-16H2,(H,26,29,30)/i6D,14D2,16D2. The molecule has 0 spiro atoms. The van der Waals surface area contributed by atoms with Gasteiger partial charge in [-0.15, -0.1) is 0 Å². The van der Waals surface area contributed by atoms with E-state index in [1.54, 1.807) is 17.0 Å². The van der Waals surface area contributed by atoms with Gasteiger partial charge in [-0.3, -0.25) is 24.6 Å². The number of rotatable bonds is 6. The number of carbonyl (C=O) groups excluding carboxylic acids is 3. The number of fused-ring (bicyclic) bond motifs is 1. The second-order valence-corrected chi connectivity index (χ2v) is 8.09. The van der Waals surface area contributed by atoms with Crippen LogP contribution in [0.15, 0.2) is 42.4 Å². The number of nitrogens with zero attached hydrogens (tertiary/aromatic N) is 2. The van der Waals surface area contributed by atoms with E-state index in [-0.39, 0.29) is 53.8 Å². The third kappa shape index (κ3) is 4.62. The van der Waals surface area contributed by atoms with Crippen LogP contribution in [0.3, 0.4) is 0 Å². The fourth-order valence-electron chi connectivity index (χ4n) is 4.18. The molecule has 5 rings (SSSR count). The van der Waals surface area contributed by atoms with Gasteiger partial charge in [0, 0.05) is 39.9 Å². The Labute approximate surface area is 199 Å². The molecular formula is C25H27N3O5. The first-order valence-electron chi connectivity index (χ1n) is 13.4. The lowest BCUT2D eigenvalue weighted by Gasteiger charge is -2.29. The molecule has 172 valence electrons. The van der Waals surface area contributed by atoms with E-state index in [0.717, 1.165) is 0 Å². The van der Waals surface area contributed by atoms with Crippen LogP contribution in [0.5, 0.6) is 5.75 Å². The van der Waals surface area contributed by atoms with Crippen molar-refractivity contribution in [1.29, 1.82) is 0 Å². The van der Waals surface area contributed by atoms with E-state index in [1.807, 2.05) is 0 Å². The molecule has 0 saturated carbocycles. The first-order chi connectivity index (χ1) is 18.0. The molecule has 2 fully saturated rings. The number of amides is 3. The van der Waals surface area contributed by atoms with Crippen LogP contribution in [-0.4, -0.2) is 59.9 Å². The SMILES string of the molecule is [2H]c1cc(C([2H])([2H])N2CCOCC2)ccc1C([2H])([2H])Oc1cccc2c1CN(C1CCC(=O)NC1=O)C2=O. The molecule has 0 radical (unpaired) electrons. The van der Waals surface area contributed by atoms with Gasteiger partial charge in [0.25, 0.3) is 5.91 Å². The average Bonchev–Trinajstić information content (AvgIpc) is 3.21. The molecule has 1 unspecified atom stereocenters. The fourth-order valence-corrected chi connectivity index (χ4v) is 4.18. The Morgan fingerprint density at radius 1 is 1.12 bits per heavy atom. The molecule has 2 aromatic carbocycles. The lowest BCUT2D eigenvalue weighted by molar-refractivity contribution is -0.136.